The zero-order valence-corrected chi connectivity index (χ0v) is 9.77. The molecule has 0 bridgehead atoms. The molecule has 0 aliphatic rings. The van der Waals surface area contributed by atoms with Crippen LogP contribution in [0.2, 0.25) is 0 Å². The van der Waals surface area contributed by atoms with Crippen LogP contribution in [0.3, 0.4) is 0 Å². The molecule has 2 heterocycles. The van der Waals surface area contributed by atoms with Gasteiger partial charge in [-0.15, -0.1) is 5.10 Å². The number of amides is 1. The lowest BCUT2D eigenvalue weighted by Crippen LogP contribution is -2.14. The van der Waals surface area contributed by atoms with E-state index in [4.69, 9.17) is 0 Å². The highest BCUT2D eigenvalue weighted by Crippen LogP contribution is 2.19. The number of nitrogens with one attached hydrogen (secondary N) is 2. The van der Waals surface area contributed by atoms with Gasteiger partial charge in [0.2, 0.25) is 11.6 Å². The molecule has 0 aliphatic heterocycles. The fourth-order valence-electron chi connectivity index (χ4n) is 1.87. The average Bonchev–Trinajstić information content (AvgIpc) is 2.72. The lowest BCUT2D eigenvalue weighted by Gasteiger charge is -2.06. The Kier molecular flexibility index (Phi) is 2.31. The predicted octanol–water partition coefficient (Wildman–Crippen LogP) is 0.668. The van der Waals surface area contributed by atoms with Crippen LogP contribution in [0.4, 0.5) is 10.2 Å². The third-order valence-electron chi connectivity index (χ3n) is 2.59. The van der Waals surface area contributed by atoms with E-state index in [9.17, 15) is 14.0 Å². The molecule has 0 saturated heterocycles. The number of halogens is 1. The molecular weight excluding hydrogens is 253 g/mol. The van der Waals surface area contributed by atoms with Crippen LogP contribution in [0, 0.1) is 5.82 Å². The van der Waals surface area contributed by atoms with E-state index < -0.39 is 11.5 Å². The number of carbonyl (C=O) groups excluding carboxylic acids is 1. The van der Waals surface area contributed by atoms with E-state index in [2.05, 4.69) is 20.5 Å². The molecule has 19 heavy (non-hydrogen) atoms. The lowest BCUT2D eigenvalue weighted by atomic mass is 10.3. The summed E-state index contributed by atoms with van der Waals surface area (Å²) in [5, 5.41) is 8.50. The molecule has 0 saturated carbocycles. The summed E-state index contributed by atoms with van der Waals surface area (Å²) < 4.78 is 14.4. The monoisotopic (exact) mass is 261 g/mol. The van der Waals surface area contributed by atoms with Crippen molar-refractivity contribution in [3.63, 3.8) is 0 Å². The standard InChI is InChI=1S/C11H8FN5O2/c1-5(18)13-9-10-15-16-11(19)17(10)8-4-6(12)2-3-7(8)14-9/h2-4H,1H3,(H,16,19)(H,13,14,18). The number of aromatic nitrogens is 4. The Balaban J connectivity index is 2.48. The van der Waals surface area contributed by atoms with Crippen molar-refractivity contribution in [1.29, 1.82) is 0 Å². The number of aromatic amines is 1. The molecule has 1 amide bonds. The molecule has 2 aromatic heterocycles. The molecule has 96 valence electrons. The van der Waals surface area contributed by atoms with Crippen molar-refractivity contribution >= 4 is 28.4 Å². The van der Waals surface area contributed by atoms with Gasteiger partial charge in [-0.25, -0.2) is 23.7 Å². The fraction of sp³-hybridized carbons (Fsp3) is 0.0909. The van der Waals surface area contributed by atoms with Crippen LogP contribution in [-0.4, -0.2) is 25.5 Å². The topological polar surface area (TPSA) is 92.2 Å². The summed E-state index contributed by atoms with van der Waals surface area (Å²) in [4.78, 5) is 27.0. The largest absolute Gasteiger partial charge is 0.348 e. The lowest BCUT2D eigenvalue weighted by molar-refractivity contribution is -0.114. The molecule has 0 radical (unpaired) electrons. The third kappa shape index (κ3) is 1.73. The number of rotatable bonds is 1. The number of nitrogens with zero attached hydrogens (tertiary/aromatic N) is 3. The van der Waals surface area contributed by atoms with E-state index in [1.807, 2.05) is 0 Å². The molecule has 3 aromatic rings. The van der Waals surface area contributed by atoms with Crippen molar-refractivity contribution in [3.8, 4) is 0 Å². The quantitative estimate of drug-likeness (QED) is 0.673. The minimum atomic E-state index is -0.528. The number of carbonyl (C=O) groups is 1. The molecule has 7 nitrogen and oxygen atoms in total. The Morgan fingerprint density at radius 2 is 2.26 bits per heavy atom. The molecule has 2 N–H and O–H groups in total. The molecule has 1 aromatic carbocycles. The van der Waals surface area contributed by atoms with Gasteiger partial charge in [-0.1, -0.05) is 0 Å². The van der Waals surface area contributed by atoms with Crippen molar-refractivity contribution in [2.45, 2.75) is 6.92 Å². The van der Waals surface area contributed by atoms with Crippen LogP contribution in [0.25, 0.3) is 16.7 Å². The van der Waals surface area contributed by atoms with Gasteiger partial charge in [0.05, 0.1) is 11.0 Å². The van der Waals surface area contributed by atoms with Crippen LogP contribution in [0.1, 0.15) is 6.92 Å². The number of hydrogen-bond donors (Lipinski definition) is 2. The Hall–Kier alpha value is -2.77. The number of anilines is 1. The van der Waals surface area contributed by atoms with Crippen molar-refractivity contribution in [2.24, 2.45) is 0 Å². The van der Waals surface area contributed by atoms with E-state index in [1.54, 1.807) is 0 Å². The first-order chi connectivity index (χ1) is 9.06. The van der Waals surface area contributed by atoms with Gasteiger partial charge in [0.25, 0.3) is 0 Å². The maximum absolute atomic E-state index is 13.3. The Morgan fingerprint density at radius 3 is 3.00 bits per heavy atom. The Bertz CT molecular complexity index is 867. The molecule has 3 rings (SSSR count). The smallest absolute Gasteiger partial charge is 0.308 e. The second kappa shape index (κ2) is 3.87. The molecule has 0 aliphatic carbocycles. The maximum atomic E-state index is 13.3. The molecule has 0 spiro atoms. The number of hydrogen-bond acceptors (Lipinski definition) is 4. The average molecular weight is 261 g/mol. The first-order valence-electron chi connectivity index (χ1n) is 5.40. The van der Waals surface area contributed by atoms with Crippen LogP contribution < -0.4 is 11.0 Å². The molecule has 0 atom stereocenters. The van der Waals surface area contributed by atoms with Crippen molar-refractivity contribution in [2.75, 3.05) is 5.32 Å². The number of H-pyrrole nitrogens is 1. The van der Waals surface area contributed by atoms with Gasteiger partial charge in [0.15, 0.2) is 5.82 Å². The molecular formula is C11H8FN5O2. The summed E-state index contributed by atoms with van der Waals surface area (Å²) in [5.41, 5.74) is 0.266. The van der Waals surface area contributed by atoms with Crippen LogP contribution >= 0.6 is 0 Å². The van der Waals surface area contributed by atoms with Gasteiger partial charge >= 0.3 is 5.69 Å². The summed E-state index contributed by atoms with van der Waals surface area (Å²) in [7, 11) is 0. The molecule has 0 fully saturated rings. The van der Waals surface area contributed by atoms with E-state index in [1.165, 1.54) is 25.1 Å². The first-order valence-corrected chi connectivity index (χ1v) is 5.40. The van der Waals surface area contributed by atoms with E-state index >= 15 is 0 Å². The number of benzene rings is 1. The van der Waals surface area contributed by atoms with Crippen LogP contribution in [-0.2, 0) is 4.79 Å². The second-order valence-corrected chi connectivity index (χ2v) is 3.96. The first kappa shape index (κ1) is 11.3. The Morgan fingerprint density at radius 1 is 1.47 bits per heavy atom. The van der Waals surface area contributed by atoms with Gasteiger partial charge in [0, 0.05) is 13.0 Å². The zero-order valence-electron chi connectivity index (χ0n) is 9.77. The van der Waals surface area contributed by atoms with Gasteiger partial charge in [0.1, 0.15) is 5.82 Å². The fourth-order valence-corrected chi connectivity index (χ4v) is 1.87. The molecule has 0 unspecified atom stereocenters. The van der Waals surface area contributed by atoms with Crippen molar-refractivity contribution < 1.29 is 9.18 Å². The maximum Gasteiger partial charge on any atom is 0.348 e. The molecule has 8 heteroatoms. The second-order valence-electron chi connectivity index (χ2n) is 3.96. The van der Waals surface area contributed by atoms with Crippen molar-refractivity contribution in [3.05, 3.63) is 34.5 Å². The van der Waals surface area contributed by atoms with Gasteiger partial charge in [-0.3, -0.25) is 4.79 Å². The van der Waals surface area contributed by atoms with Crippen molar-refractivity contribution in [1.82, 2.24) is 19.6 Å². The summed E-state index contributed by atoms with van der Waals surface area (Å²) in [6.45, 7) is 1.32. The summed E-state index contributed by atoms with van der Waals surface area (Å²) in [6.07, 6.45) is 0. The number of fused-ring (bicyclic) bond motifs is 3. The van der Waals surface area contributed by atoms with Gasteiger partial charge in [-0.05, 0) is 12.1 Å². The van der Waals surface area contributed by atoms with Crippen LogP contribution in [0.5, 0.6) is 0 Å². The highest BCUT2D eigenvalue weighted by molar-refractivity contribution is 5.93. The van der Waals surface area contributed by atoms with Crippen LogP contribution in [0.15, 0.2) is 23.0 Å². The SMILES string of the molecule is CC(=O)Nc1nc2ccc(F)cc2n2c(=O)[nH]nc12. The zero-order chi connectivity index (χ0) is 13.6. The van der Waals surface area contributed by atoms with Gasteiger partial charge in [-0.2, -0.15) is 0 Å². The van der Waals surface area contributed by atoms with E-state index in [0.29, 0.717) is 5.52 Å². The van der Waals surface area contributed by atoms with Gasteiger partial charge < -0.3 is 5.32 Å². The predicted molar refractivity (Wildman–Crippen MR) is 65.4 cm³/mol. The normalized spacial score (nSPS) is 11.1. The summed E-state index contributed by atoms with van der Waals surface area (Å²) in [6, 6.07) is 3.84. The minimum Gasteiger partial charge on any atom is -0.308 e. The third-order valence-corrected chi connectivity index (χ3v) is 2.59. The van der Waals surface area contributed by atoms with E-state index in [0.717, 1.165) is 4.40 Å². The summed E-state index contributed by atoms with van der Waals surface area (Å²) >= 11 is 0. The van der Waals surface area contributed by atoms with E-state index in [-0.39, 0.29) is 22.9 Å². The highest BCUT2D eigenvalue weighted by atomic mass is 19.1. The minimum absolute atomic E-state index is 0.137. The Labute approximate surface area is 105 Å². The highest BCUT2D eigenvalue weighted by Gasteiger charge is 2.13. The summed E-state index contributed by atoms with van der Waals surface area (Å²) in [5.74, 6) is -0.688.